The van der Waals surface area contributed by atoms with E-state index in [1.165, 1.54) is 68.9 Å². The molecular formula is C39H58O4. The van der Waals surface area contributed by atoms with Crippen molar-refractivity contribution in [3.05, 3.63) is 57.6 Å². The fraction of sp³-hybridized carbons (Fsp3) is 0.692. The summed E-state index contributed by atoms with van der Waals surface area (Å²) in [4.78, 5) is 0. The van der Waals surface area contributed by atoms with Crippen LogP contribution in [-0.4, -0.2) is 33.6 Å². The number of phenols is 2. The fourth-order valence-corrected chi connectivity index (χ4v) is 9.03. The maximum Gasteiger partial charge on any atom is 0.123 e. The zero-order valence-corrected chi connectivity index (χ0v) is 27.1. The predicted octanol–water partition coefficient (Wildman–Crippen LogP) is 9.10. The van der Waals surface area contributed by atoms with E-state index in [0.717, 1.165) is 73.6 Å². The van der Waals surface area contributed by atoms with Crippen molar-refractivity contribution in [2.24, 2.45) is 5.92 Å². The Bertz CT molecular complexity index is 1110. The van der Waals surface area contributed by atoms with E-state index in [0.29, 0.717) is 30.3 Å². The number of aryl methyl sites for hydroxylation is 2. The van der Waals surface area contributed by atoms with E-state index in [1.54, 1.807) is 0 Å². The number of hydrogen-bond acceptors (Lipinski definition) is 4. The van der Waals surface area contributed by atoms with Gasteiger partial charge in [-0.1, -0.05) is 95.9 Å². The van der Waals surface area contributed by atoms with Gasteiger partial charge < -0.3 is 20.4 Å². The summed E-state index contributed by atoms with van der Waals surface area (Å²) in [5.41, 5.74) is 6.39. The Morgan fingerprint density at radius 3 is 1.40 bits per heavy atom. The molecule has 3 fully saturated rings. The Hall–Kier alpha value is -2.04. The van der Waals surface area contributed by atoms with Gasteiger partial charge in [0.25, 0.3) is 0 Å². The van der Waals surface area contributed by atoms with Crippen LogP contribution in [0.1, 0.15) is 162 Å². The number of aliphatic hydroxyl groups excluding tert-OH is 2. The second kappa shape index (κ2) is 14.4. The molecule has 0 atom stereocenters. The standard InChI is InChI=1S/C39H58O4/c1-38(18-8-4-9-19-38)33-26-28(14-12-22-40)24-31(36(33)42)35(30-16-6-3-7-17-30)32-25-29(15-13-23-41)27-34(37(32)43)39(2)20-10-5-11-21-39/h24-27,30,35,40-43H,3-23H2,1-2H3. The molecule has 3 saturated carbocycles. The van der Waals surface area contributed by atoms with Gasteiger partial charge in [0.05, 0.1) is 0 Å². The van der Waals surface area contributed by atoms with Gasteiger partial charge in [-0.25, -0.2) is 0 Å². The molecule has 0 amide bonds. The van der Waals surface area contributed by atoms with Crippen molar-refractivity contribution in [3.63, 3.8) is 0 Å². The van der Waals surface area contributed by atoms with E-state index in [2.05, 4.69) is 38.1 Å². The monoisotopic (exact) mass is 590 g/mol. The van der Waals surface area contributed by atoms with E-state index in [-0.39, 0.29) is 30.0 Å². The first-order valence-corrected chi connectivity index (χ1v) is 17.7. The highest BCUT2D eigenvalue weighted by molar-refractivity contribution is 5.57. The maximum atomic E-state index is 12.3. The van der Waals surface area contributed by atoms with Gasteiger partial charge in [0, 0.05) is 41.4 Å². The van der Waals surface area contributed by atoms with Crippen LogP contribution in [-0.2, 0) is 23.7 Å². The second-order valence-corrected chi connectivity index (χ2v) is 14.9. The Kier molecular flexibility index (Phi) is 10.8. The molecular weight excluding hydrogens is 532 g/mol. The molecule has 4 N–H and O–H groups in total. The van der Waals surface area contributed by atoms with Crippen LogP contribution in [0.25, 0.3) is 0 Å². The molecule has 2 aromatic carbocycles. The van der Waals surface area contributed by atoms with Crippen LogP contribution in [0.5, 0.6) is 11.5 Å². The van der Waals surface area contributed by atoms with Crippen LogP contribution in [0.3, 0.4) is 0 Å². The molecule has 238 valence electrons. The average molecular weight is 591 g/mol. The third-order valence-corrected chi connectivity index (χ3v) is 11.7. The number of rotatable bonds is 11. The second-order valence-electron chi connectivity index (χ2n) is 14.9. The summed E-state index contributed by atoms with van der Waals surface area (Å²) in [5, 5.41) is 44.1. The lowest BCUT2D eigenvalue weighted by Gasteiger charge is -2.39. The van der Waals surface area contributed by atoms with Gasteiger partial charge in [-0.15, -0.1) is 0 Å². The summed E-state index contributed by atoms with van der Waals surface area (Å²) in [6.45, 7) is 4.99. The first kappa shape index (κ1) is 32.4. The zero-order chi connectivity index (χ0) is 30.5. The van der Waals surface area contributed by atoms with Gasteiger partial charge in [0.1, 0.15) is 11.5 Å². The summed E-state index contributed by atoms with van der Waals surface area (Å²) in [6, 6.07) is 8.93. The smallest absolute Gasteiger partial charge is 0.123 e. The van der Waals surface area contributed by atoms with Crippen LogP contribution in [0, 0.1) is 5.92 Å². The van der Waals surface area contributed by atoms with Crippen molar-refractivity contribution in [3.8, 4) is 11.5 Å². The molecule has 0 aromatic heterocycles. The molecule has 0 spiro atoms. The summed E-state index contributed by atoms with van der Waals surface area (Å²) in [6.07, 6.45) is 20.4. The molecule has 0 unspecified atom stereocenters. The number of phenolic OH excluding ortho intramolecular Hbond substituents is 2. The third-order valence-electron chi connectivity index (χ3n) is 11.7. The summed E-state index contributed by atoms with van der Waals surface area (Å²) in [5.74, 6) is 1.16. The van der Waals surface area contributed by atoms with Gasteiger partial charge in [-0.3, -0.25) is 0 Å². The van der Waals surface area contributed by atoms with E-state index >= 15 is 0 Å². The summed E-state index contributed by atoms with van der Waals surface area (Å²) >= 11 is 0. The van der Waals surface area contributed by atoms with Crippen LogP contribution >= 0.6 is 0 Å². The molecule has 2 aromatic rings. The molecule has 43 heavy (non-hydrogen) atoms. The third kappa shape index (κ3) is 7.12. The van der Waals surface area contributed by atoms with Crippen molar-refractivity contribution in [2.45, 2.75) is 153 Å². The number of hydrogen-bond donors (Lipinski definition) is 4. The minimum Gasteiger partial charge on any atom is -0.507 e. The normalized spacial score (nSPS) is 20.9. The molecule has 0 aliphatic heterocycles. The van der Waals surface area contributed by atoms with Gasteiger partial charge >= 0.3 is 0 Å². The van der Waals surface area contributed by atoms with Gasteiger partial charge in [0.15, 0.2) is 0 Å². The van der Waals surface area contributed by atoms with Gasteiger partial charge in [0.2, 0.25) is 0 Å². The Balaban J connectivity index is 1.72. The average Bonchev–Trinajstić information content (AvgIpc) is 3.02. The predicted molar refractivity (Wildman–Crippen MR) is 176 cm³/mol. The first-order valence-electron chi connectivity index (χ1n) is 17.7. The van der Waals surface area contributed by atoms with Crippen LogP contribution in [0.2, 0.25) is 0 Å². The lowest BCUT2D eigenvalue weighted by molar-refractivity contribution is 0.287. The minimum atomic E-state index is -0.0830. The molecule has 5 rings (SSSR count). The number of aliphatic hydroxyl groups is 2. The first-order chi connectivity index (χ1) is 20.8. The highest BCUT2D eigenvalue weighted by Gasteiger charge is 2.39. The van der Waals surface area contributed by atoms with Crippen molar-refractivity contribution >= 4 is 0 Å². The minimum absolute atomic E-state index is 0.0603. The van der Waals surface area contributed by atoms with E-state index in [1.807, 2.05) is 0 Å². The molecule has 0 heterocycles. The maximum absolute atomic E-state index is 12.3. The molecule has 0 saturated heterocycles. The number of aromatic hydroxyl groups is 2. The van der Waals surface area contributed by atoms with E-state index in [4.69, 9.17) is 0 Å². The quantitative estimate of drug-likeness (QED) is 0.210. The summed E-state index contributed by atoms with van der Waals surface area (Å²) in [7, 11) is 0. The highest BCUT2D eigenvalue weighted by atomic mass is 16.3. The van der Waals surface area contributed by atoms with Crippen molar-refractivity contribution in [2.75, 3.05) is 13.2 Å². The Labute approximate surface area is 261 Å². The lowest BCUT2D eigenvalue weighted by Crippen LogP contribution is -2.27. The Morgan fingerprint density at radius 1 is 0.605 bits per heavy atom. The van der Waals surface area contributed by atoms with Gasteiger partial charge in [-0.2, -0.15) is 0 Å². The highest BCUT2D eigenvalue weighted by Crippen LogP contribution is 2.53. The van der Waals surface area contributed by atoms with E-state index in [9.17, 15) is 20.4 Å². The Morgan fingerprint density at radius 2 is 1.00 bits per heavy atom. The molecule has 4 heteroatoms. The molecule has 0 bridgehead atoms. The van der Waals surface area contributed by atoms with Crippen molar-refractivity contribution in [1.82, 2.24) is 0 Å². The number of benzene rings is 2. The van der Waals surface area contributed by atoms with Crippen molar-refractivity contribution in [1.29, 1.82) is 0 Å². The zero-order valence-electron chi connectivity index (χ0n) is 27.1. The van der Waals surface area contributed by atoms with Crippen LogP contribution in [0.15, 0.2) is 24.3 Å². The molecule has 4 nitrogen and oxygen atoms in total. The lowest BCUT2D eigenvalue weighted by atomic mass is 9.66. The van der Waals surface area contributed by atoms with E-state index < -0.39 is 0 Å². The molecule has 0 radical (unpaired) electrons. The largest absolute Gasteiger partial charge is 0.507 e. The topological polar surface area (TPSA) is 80.9 Å². The molecule has 3 aliphatic rings. The van der Waals surface area contributed by atoms with Crippen LogP contribution < -0.4 is 0 Å². The van der Waals surface area contributed by atoms with Crippen LogP contribution in [0.4, 0.5) is 0 Å². The fourth-order valence-electron chi connectivity index (χ4n) is 9.03. The SMILES string of the molecule is CC1(c2cc(CCCO)cc(C(c3cc(CCCO)cc(C4(C)CCCCC4)c3O)C3CCCCC3)c2O)CCCCC1. The van der Waals surface area contributed by atoms with Crippen molar-refractivity contribution < 1.29 is 20.4 Å². The van der Waals surface area contributed by atoms with Gasteiger partial charge in [-0.05, 0) is 92.1 Å². The summed E-state index contributed by atoms with van der Waals surface area (Å²) < 4.78 is 0. The molecule has 3 aliphatic carbocycles.